The van der Waals surface area contributed by atoms with Crippen LogP contribution in [0.4, 0.5) is 0 Å². The van der Waals surface area contributed by atoms with Crippen molar-refractivity contribution in [1.29, 1.82) is 0 Å². The molecule has 0 amide bonds. The summed E-state index contributed by atoms with van der Waals surface area (Å²) in [5, 5.41) is 4.15. The monoisotopic (exact) mass is 252 g/mol. The topological polar surface area (TPSA) is 69.9 Å². The summed E-state index contributed by atoms with van der Waals surface area (Å²) in [4.78, 5) is 19.3. The van der Waals surface area contributed by atoms with Crippen LogP contribution in [0.15, 0.2) is 24.8 Å². The molecule has 2 aromatic rings. The molecule has 17 heavy (non-hydrogen) atoms. The first kappa shape index (κ1) is 11.5. The van der Waals surface area contributed by atoms with Gasteiger partial charge in [-0.05, 0) is 6.92 Å². The lowest BCUT2D eigenvalue weighted by atomic mass is 10.4. The molecule has 0 unspecified atom stereocenters. The Labute approximate surface area is 102 Å². The van der Waals surface area contributed by atoms with Gasteiger partial charge in [0.25, 0.3) is 0 Å². The van der Waals surface area contributed by atoms with Gasteiger partial charge in [0.2, 0.25) is 0 Å². The summed E-state index contributed by atoms with van der Waals surface area (Å²) in [6, 6.07) is 1.63. The van der Waals surface area contributed by atoms with Gasteiger partial charge in [-0.2, -0.15) is 5.10 Å². The molecule has 7 heteroatoms. The second-order valence-electron chi connectivity index (χ2n) is 3.05. The van der Waals surface area contributed by atoms with Crippen LogP contribution < -0.4 is 0 Å². The predicted octanol–water partition coefficient (Wildman–Crippen LogP) is 1.49. The molecule has 2 rings (SSSR count). The van der Waals surface area contributed by atoms with E-state index in [0.29, 0.717) is 5.82 Å². The fourth-order valence-corrected chi connectivity index (χ4v) is 1.50. The fraction of sp³-hybridized carbons (Fsp3) is 0.200. The lowest BCUT2D eigenvalue weighted by molar-refractivity contribution is 0.0526. The summed E-state index contributed by atoms with van der Waals surface area (Å²) in [7, 11) is 0. The SMILES string of the molecule is CCOC(=O)c1cnn(-c2ccncn2)c1Cl. The van der Waals surface area contributed by atoms with E-state index < -0.39 is 5.97 Å². The Hall–Kier alpha value is -1.95. The van der Waals surface area contributed by atoms with E-state index >= 15 is 0 Å². The quantitative estimate of drug-likeness (QED) is 0.774. The third kappa shape index (κ3) is 2.26. The van der Waals surface area contributed by atoms with Gasteiger partial charge in [-0.1, -0.05) is 11.6 Å². The maximum Gasteiger partial charge on any atom is 0.342 e. The van der Waals surface area contributed by atoms with E-state index in [1.54, 1.807) is 19.2 Å². The number of halogens is 1. The summed E-state index contributed by atoms with van der Waals surface area (Å²) in [6.45, 7) is 2.01. The van der Waals surface area contributed by atoms with Crippen LogP contribution in [0.25, 0.3) is 5.82 Å². The van der Waals surface area contributed by atoms with E-state index in [4.69, 9.17) is 16.3 Å². The highest BCUT2D eigenvalue weighted by molar-refractivity contribution is 6.32. The van der Waals surface area contributed by atoms with Crippen molar-refractivity contribution in [3.8, 4) is 5.82 Å². The highest BCUT2D eigenvalue weighted by Gasteiger charge is 2.18. The molecule has 88 valence electrons. The number of carbonyl (C=O) groups is 1. The van der Waals surface area contributed by atoms with E-state index in [0.717, 1.165) is 0 Å². The molecular formula is C10H9ClN4O2. The number of ether oxygens (including phenoxy) is 1. The molecule has 0 aromatic carbocycles. The minimum absolute atomic E-state index is 0.169. The Balaban J connectivity index is 2.37. The minimum Gasteiger partial charge on any atom is -0.462 e. The first-order valence-electron chi connectivity index (χ1n) is 4.91. The normalized spacial score (nSPS) is 10.2. The largest absolute Gasteiger partial charge is 0.462 e. The van der Waals surface area contributed by atoms with Crippen molar-refractivity contribution >= 4 is 17.6 Å². The predicted molar refractivity (Wildman–Crippen MR) is 60.1 cm³/mol. The standard InChI is InChI=1S/C10H9ClN4O2/c1-2-17-10(16)7-5-14-15(9(7)11)8-3-4-12-6-13-8/h3-6H,2H2,1H3. The Bertz CT molecular complexity index is 526. The van der Waals surface area contributed by atoms with Gasteiger partial charge in [-0.15, -0.1) is 0 Å². The number of rotatable bonds is 3. The third-order valence-corrected chi connectivity index (χ3v) is 2.35. The minimum atomic E-state index is -0.502. The zero-order chi connectivity index (χ0) is 12.3. The zero-order valence-corrected chi connectivity index (χ0v) is 9.76. The Kier molecular flexibility index (Phi) is 3.34. The molecule has 0 radical (unpaired) electrons. The summed E-state index contributed by atoms with van der Waals surface area (Å²) in [6.07, 6.45) is 4.28. The van der Waals surface area contributed by atoms with E-state index in [1.165, 1.54) is 17.2 Å². The molecule has 0 atom stereocenters. The van der Waals surface area contributed by atoms with Gasteiger partial charge in [0.1, 0.15) is 17.0 Å². The van der Waals surface area contributed by atoms with Crippen molar-refractivity contribution < 1.29 is 9.53 Å². The van der Waals surface area contributed by atoms with Gasteiger partial charge in [0, 0.05) is 12.3 Å². The summed E-state index contributed by atoms with van der Waals surface area (Å²) in [5.74, 6) is -0.0154. The van der Waals surface area contributed by atoms with Crippen molar-refractivity contribution in [2.24, 2.45) is 0 Å². The molecule has 0 aliphatic carbocycles. The fourth-order valence-electron chi connectivity index (χ4n) is 1.25. The Morgan fingerprint density at radius 2 is 2.41 bits per heavy atom. The molecule has 2 heterocycles. The van der Waals surface area contributed by atoms with E-state index in [9.17, 15) is 4.79 Å². The molecule has 0 saturated heterocycles. The molecule has 0 bridgehead atoms. The van der Waals surface area contributed by atoms with Gasteiger partial charge in [-0.25, -0.2) is 19.4 Å². The molecule has 0 fully saturated rings. The number of hydrogen-bond acceptors (Lipinski definition) is 5. The summed E-state index contributed by atoms with van der Waals surface area (Å²) in [5.41, 5.74) is 0.215. The zero-order valence-electron chi connectivity index (χ0n) is 9.00. The van der Waals surface area contributed by atoms with Gasteiger partial charge >= 0.3 is 5.97 Å². The Morgan fingerprint density at radius 3 is 3.06 bits per heavy atom. The van der Waals surface area contributed by atoms with Gasteiger partial charge in [0.15, 0.2) is 5.82 Å². The maximum absolute atomic E-state index is 11.5. The average molecular weight is 253 g/mol. The van der Waals surface area contributed by atoms with Crippen molar-refractivity contribution in [2.75, 3.05) is 6.61 Å². The van der Waals surface area contributed by atoms with Crippen LogP contribution in [0.5, 0.6) is 0 Å². The number of carbonyl (C=O) groups excluding carboxylic acids is 1. The number of nitrogens with zero attached hydrogens (tertiary/aromatic N) is 4. The molecule has 0 aliphatic heterocycles. The van der Waals surface area contributed by atoms with Crippen molar-refractivity contribution in [1.82, 2.24) is 19.7 Å². The summed E-state index contributed by atoms with van der Waals surface area (Å²) >= 11 is 6.03. The van der Waals surface area contributed by atoms with Gasteiger partial charge < -0.3 is 4.74 Å². The highest BCUT2D eigenvalue weighted by atomic mass is 35.5. The molecule has 0 spiro atoms. The average Bonchev–Trinajstić information content (AvgIpc) is 2.72. The molecule has 0 aliphatic rings. The molecular weight excluding hydrogens is 244 g/mol. The number of esters is 1. The van der Waals surface area contributed by atoms with E-state index in [1.807, 2.05) is 0 Å². The van der Waals surface area contributed by atoms with Gasteiger partial charge in [-0.3, -0.25) is 0 Å². The van der Waals surface area contributed by atoms with Crippen molar-refractivity contribution in [3.63, 3.8) is 0 Å². The first-order valence-corrected chi connectivity index (χ1v) is 5.29. The smallest absolute Gasteiger partial charge is 0.342 e. The van der Waals surface area contributed by atoms with Crippen molar-refractivity contribution in [3.05, 3.63) is 35.5 Å². The molecule has 0 saturated carbocycles. The van der Waals surface area contributed by atoms with Crippen LogP contribution in [-0.2, 0) is 4.74 Å². The van der Waals surface area contributed by atoms with Crippen LogP contribution in [-0.4, -0.2) is 32.3 Å². The van der Waals surface area contributed by atoms with Crippen LogP contribution >= 0.6 is 11.6 Å². The van der Waals surface area contributed by atoms with E-state index in [-0.39, 0.29) is 17.3 Å². The second-order valence-corrected chi connectivity index (χ2v) is 3.41. The number of hydrogen-bond donors (Lipinski definition) is 0. The van der Waals surface area contributed by atoms with Crippen LogP contribution in [0.3, 0.4) is 0 Å². The van der Waals surface area contributed by atoms with Gasteiger partial charge in [0.05, 0.1) is 12.8 Å². The molecule has 6 nitrogen and oxygen atoms in total. The van der Waals surface area contributed by atoms with Crippen LogP contribution in [0, 0.1) is 0 Å². The maximum atomic E-state index is 11.5. The van der Waals surface area contributed by atoms with Crippen LogP contribution in [0.1, 0.15) is 17.3 Å². The van der Waals surface area contributed by atoms with Crippen LogP contribution in [0.2, 0.25) is 5.15 Å². The number of aromatic nitrogens is 4. The van der Waals surface area contributed by atoms with Crippen molar-refractivity contribution in [2.45, 2.75) is 6.92 Å². The molecule has 0 N–H and O–H groups in total. The summed E-state index contributed by atoms with van der Waals surface area (Å²) < 4.78 is 6.19. The third-order valence-electron chi connectivity index (χ3n) is 1.99. The highest BCUT2D eigenvalue weighted by Crippen LogP contribution is 2.19. The Morgan fingerprint density at radius 1 is 1.59 bits per heavy atom. The lowest BCUT2D eigenvalue weighted by Gasteiger charge is -2.02. The second kappa shape index (κ2) is 4.92. The van der Waals surface area contributed by atoms with E-state index in [2.05, 4.69) is 15.1 Å². The molecule has 2 aromatic heterocycles. The first-order chi connectivity index (χ1) is 8.24. The lowest BCUT2D eigenvalue weighted by Crippen LogP contribution is -2.05.